The lowest BCUT2D eigenvalue weighted by Gasteiger charge is -2.10. The van der Waals surface area contributed by atoms with Crippen LogP contribution in [0.1, 0.15) is 6.42 Å². The molecule has 0 aromatic heterocycles. The molecule has 11 heavy (non-hydrogen) atoms. The van der Waals surface area contributed by atoms with Crippen LogP contribution in [0.4, 0.5) is 0 Å². The fraction of sp³-hybridized carbons (Fsp3) is 0.857. The molecule has 0 spiro atoms. The topological polar surface area (TPSA) is 44.8 Å². The van der Waals surface area contributed by atoms with Crippen molar-refractivity contribution in [2.45, 2.75) is 12.5 Å². The third-order valence-corrected chi connectivity index (χ3v) is 1.54. The van der Waals surface area contributed by atoms with Crippen LogP contribution in [0.5, 0.6) is 0 Å². The summed E-state index contributed by atoms with van der Waals surface area (Å²) in [5.74, 6) is -0.310. The second-order valence-corrected chi connectivity index (χ2v) is 2.28. The summed E-state index contributed by atoms with van der Waals surface area (Å²) in [4.78, 5) is 10.9. The second kappa shape index (κ2) is 4.31. The molecule has 0 amide bonds. The summed E-state index contributed by atoms with van der Waals surface area (Å²) in [5.41, 5.74) is 0. The fourth-order valence-electron chi connectivity index (χ4n) is 0.942. The van der Waals surface area contributed by atoms with Gasteiger partial charge in [0.05, 0.1) is 20.3 Å². The van der Waals surface area contributed by atoms with Gasteiger partial charge in [0.15, 0.2) is 6.10 Å². The van der Waals surface area contributed by atoms with Crippen molar-refractivity contribution < 1.29 is 19.0 Å². The molecule has 1 saturated heterocycles. The van der Waals surface area contributed by atoms with Gasteiger partial charge in [-0.15, -0.1) is 0 Å². The van der Waals surface area contributed by atoms with Crippen LogP contribution in [0.3, 0.4) is 0 Å². The molecular formula is C7H12O4. The second-order valence-electron chi connectivity index (χ2n) is 2.28. The molecule has 0 aromatic rings. The molecule has 0 saturated carbocycles. The maximum atomic E-state index is 10.9. The predicted molar refractivity (Wildman–Crippen MR) is 37.2 cm³/mol. The summed E-state index contributed by atoms with van der Waals surface area (Å²) < 4.78 is 14.8. The molecule has 0 aromatic carbocycles. The zero-order valence-corrected chi connectivity index (χ0v) is 6.54. The number of hydrogen-bond donors (Lipinski definition) is 0. The Hall–Kier alpha value is -0.610. The van der Waals surface area contributed by atoms with Crippen LogP contribution in [-0.2, 0) is 19.0 Å². The lowest BCUT2D eigenvalue weighted by atomic mass is 10.3. The minimum atomic E-state index is -0.428. The van der Waals surface area contributed by atoms with Crippen LogP contribution < -0.4 is 0 Å². The predicted octanol–water partition coefficient (Wildman–Crippen LogP) is -0.0351. The van der Waals surface area contributed by atoms with Gasteiger partial charge in [0.2, 0.25) is 0 Å². The molecule has 1 rings (SSSR count). The van der Waals surface area contributed by atoms with Gasteiger partial charge < -0.3 is 14.2 Å². The van der Waals surface area contributed by atoms with E-state index in [-0.39, 0.29) is 5.97 Å². The van der Waals surface area contributed by atoms with Gasteiger partial charge in [0.1, 0.15) is 0 Å². The highest BCUT2D eigenvalue weighted by atomic mass is 16.6. The number of hydrogen-bond acceptors (Lipinski definition) is 4. The molecular weight excluding hydrogens is 148 g/mol. The van der Waals surface area contributed by atoms with E-state index >= 15 is 0 Å². The van der Waals surface area contributed by atoms with E-state index in [4.69, 9.17) is 9.47 Å². The van der Waals surface area contributed by atoms with Crippen molar-refractivity contribution in [1.82, 2.24) is 0 Å². The van der Waals surface area contributed by atoms with E-state index in [0.29, 0.717) is 26.2 Å². The maximum Gasteiger partial charge on any atom is 0.335 e. The Morgan fingerprint density at radius 2 is 2.27 bits per heavy atom. The van der Waals surface area contributed by atoms with Gasteiger partial charge in [-0.2, -0.15) is 0 Å². The van der Waals surface area contributed by atoms with Gasteiger partial charge in [0, 0.05) is 13.0 Å². The van der Waals surface area contributed by atoms with Crippen molar-refractivity contribution in [2.75, 3.05) is 26.9 Å². The summed E-state index contributed by atoms with van der Waals surface area (Å²) in [6.45, 7) is 1.60. The smallest absolute Gasteiger partial charge is 0.335 e. The molecule has 1 fully saturated rings. The minimum Gasteiger partial charge on any atom is -0.467 e. The average Bonchev–Trinajstić information content (AvgIpc) is 2.30. The summed E-state index contributed by atoms with van der Waals surface area (Å²) in [7, 11) is 1.36. The Kier molecular flexibility index (Phi) is 3.32. The molecule has 1 atom stereocenters. The Morgan fingerprint density at radius 3 is 3.00 bits per heavy atom. The van der Waals surface area contributed by atoms with Gasteiger partial charge in [0.25, 0.3) is 0 Å². The first kappa shape index (κ1) is 8.49. The van der Waals surface area contributed by atoms with Gasteiger partial charge in [-0.25, -0.2) is 4.79 Å². The molecule has 1 aliphatic heterocycles. The van der Waals surface area contributed by atoms with Crippen LogP contribution in [0, 0.1) is 0 Å². The number of methoxy groups -OCH3 is 1. The Bertz CT molecular complexity index is 126. The van der Waals surface area contributed by atoms with Crippen LogP contribution in [0.25, 0.3) is 0 Å². The lowest BCUT2D eigenvalue weighted by Crippen LogP contribution is -2.25. The molecule has 1 heterocycles. The largest absolute Gasteiger partial charge is 0.467 e. The zero-order chi connectivity index (χ0) is 8.10. The van der Waals surface area contributed by atoms with E-state index < -0.39 is 6.10 Å². The Balaban J connectivity index is 2.36. The molecule has 0 bridgehead atoms. The van der Waals surface area contributed by atoms with E-state index in [1.165, 1.54) is 7.11 Å². The highest BCUT2D eigenvalue weighted by Crippen LogP contribution is 2.04. The number of carbonyl (C=O) groups excluding carboxylic acids is 1. The molecule has 64 valence electrons. The summed E-state index contributed by atoms with van der Waals surface area (Å²) in [6, 6.07) is 0. The normalized spacial score (nSPS) is 25.7. The number of esters is 1. The zero-order valence-electron chi connectivity index (χ0n) is 6.54. The first-order valence-electron chi connectivity index (χ1n) is 3.62. The molecule has 1 unspecified atom stereocenters. The standard InChI is InChI=1S/C7H12O4/c1-9-7(8)6-2-3-10-4-5-11-6/h6H,2-5H2,1H3. The number of ether oxygens (including phenoxy) is 3. The molecule has 0 aliphatic carbocycles. The quantitative estimate of drug-likeness (QED) is 0.505. The van der Waals surface area contributed by atoms with Crippen LogP contribution >= 0.6 is 0 Å². The Morgan fingerprint density at radius 1 is 1.45 bits per heavy atom. The number of rotatable bonds is 1. The monoisotopic (exact) mass is 160 g/mol. The lowest BCUT2D eigenvalue weighted by molar-refractivity contribution is -0.153. The van der Waals surface area contributed by atoms with Gasteiger partial charge in [-0.3, -0.25) is 0 Å². The first-order valence-corrected chi connectivity index (χ1v) is 3.62. The van der Waals surface area contributed by atoms with Gasteiger partial charge >= 0.3 is 5.97 Å². The minimum absolute atomic E-state index is 0.310. The molecule has 0 N–H and O–H groups in total. The molecule has 4 heteroatoms. The SMILES string of the molecule is COC(=O)C1CCOCCO1. The third-order valence-electron chi connectivity index (χ3n) is 1.54. The third kappa shape index (κ3) is 2.48. The van der Waals surface area contributed by atoms with Crippen molar-refractivity contribution in [3.63, 3.8) is 0 Å². The average molecular weight is 160 g/mol. The van der Waals surface area contributed by atoms with Crippen molar-refractivity contribution in [2.24, 2.45) is 0 Å². The van der Waals surface area contributed by atoms with E-state index in [9.17, 15) is 4.79 Å². The fourth-order valence-corrected chi connectivity index (χ4v) is 0.942. The summed E-state index contributed by atoms with van der Waals surface area (Å²) in [5, 5.41) is 0. The highest BCUT2D eigenvalue weighted by Gasteiger charge is 2.21. The van der Waals surface area contributed by atoms with Gasteiger partial charge in [-0.1, -0.05) is 0 Å². The summed E-state index contributed by atoms with van der Waals surface area (Å²) in [6.07, 6.45) is 0.162. The van der Waals surface area contributed by atoms with Crippen LogP contribution in [0.2, 0.25) is 0 Å². The van der Waals surface area contributed by atoms with E-state index in [0.717, 1.165) is 0 Å². The van der Waals surface area contributed by atoms with Crippen molar-refractivity contribution in [3.05, 3.63) is 0 Å². The van der Waals surface area contributed by atoms with Crippen LogP contribution in [-0.4, -0.2) is 39.0 Å². The summed E-state index contributed by atoms with van der Waals surface area (Å²) >= 11 is 0. The van der Waals surface area contributed by atoms with Gasteiger partial charge in [-0.05, 0) is 0 Å². The van der Waals surface area contributed by atoms with Crippen molar-refractivity contribution >= 4 is 5.97 Å². The van der Waals surface area contributed by atoms with E-state index in [1.54, 1.807) is 0 Å². The van der Waals surface area contributed by atoms with Crippen molar-refractivity contribution in [1.29, 1.82) is 0 Å². The van der Waals surface area contributed by atoms with E-state index in [1.807, 2.05) is 0 Å². The maximum absolute atomic E-state index is 10.9. The first-order chi connectivity index (χ1) is 5.34. The number of carbonyl (C=O) groups is 1. The molecule has 1 aliphatic rings. The van der Waals surface area contributed by atoms with E-state index in [2.05, 4.69) is 4.74 Å². The molecule has 0 radical (unpaired) electrons. The van der Waals surface area contributed by atoms with Crippen molar-refractivity contribution in [3.8, 4) is 0 Å². The molecule has 4 nitrogen and oxygen atoms in total. The Labute approximate surface area is 65.4 Å². The highest BCUT2D eigenvalue weighted by molar-refractivity contribution is 5.74. The van der Waals surface area contributed by atoms with Crippen LogP contribution in [0.15, 0.2) is 0 Å².